The third kappa shape index (κ3) is 4.05. The lowest BCUT2D eigenvalue weighted by Gasteiger charge is -2.05. The van der Waals surface area contributed by atoms with Gasteiger partial charge in [-0.1, -0.05) is 37.6 Å². The number of carbonyl (C=O) groups is 1. The second kappa shape index (κ2) is 6.86. The van der Waals surface area contributed by atoms with E-state index in [4.69, 9.17) is 11.6 Å². The van der Waals surface area contributed by atoms with Gasteiger partial charge in [0.2, 0.25) is 5.91 Å². The van der Waals surface area contributed by atoms with Crippen LogP contribution in [0, 0.1) is 5.92 Å². The molecule has 0 spiro atoms. The minimum atomic E-state index is 0.0232. The van der Waals surface area contributed by atoms with Crippen molar-refractivity contribution in [2.24, 2.45) is 5.92 Å². The molecule has 1 N–H and O–H groups in total. The molecule has 0 aliphatic carbocycles. The summed E-state index contributed by atoms with van der Waals surface area (Å²) >= 11 is 7.48. The Morgan fingerprint density at radius 3 is 2.70 bits per heavy atom. The summed E-state index contributed by atoms with van der Waals surface area (Å²) in [6, 6.07) is 7.65. The summed E-state index contributed by atoms with van der Waals surface area (Å²) in [7, 11) is 0. The van der Waals surface area contributed by atoms with E-state index in [0.717, 1.165) is 27.7 Å². The molecule has 0 radical (unpaired) electrons. The fourth-order valence-corrected chi connectivity index (χ4v) is 2.65. The molecule has 0 bridgehead atoms. The molecule has 0 atom stereocenters. The largest absolute Gasteiger partial charge is 0.355 e. The molecule has 5 heteroatoms. The predicted octanol–water partition coefficient (Wildman–Crippen LogP) is 3.78. The molecule has 2 rings (SSSR count). The fraction of sp³-hybridized carbons (Fsp3) is 0.333. The van der Waals surface area contributed by atoms with Crippen molar-refractivity contribution < 1.29 is 4.79 Å². The van der Waals surface area contributed by atoms with Gasteiger partial charge in [-0.05, 0) is 12.1 Å². The van der Waals surface area contributed by atoms with Crippen molar-refractivity contribution >= 4 is 28.8 Å². The van der Waals surface area contributed by atoms with Crippen molar-refractivity contribution in [3.63, 3.8) is 0 Å². The maximum Gasteiger partial charge on any atom is 0.222 e. The molecule has 1 aromatic carbocycles. The second-order valence-corrected chi connectivity index (χ2v) is 6.14. The van der Waals surface area contributed by atoms with Crippen molar-refractivity contribution in [1.29, 1.82) is 0 Å². The van der Waals surface area contributed by atoms with Gasteiger partial charge in [-0.3, -0.25) is 4.79 Å². The van der Waals surface area contributed by atoms with Gasteiger partial charge in [0, 0.05) is 34.8 Å². The highest BCUT2D eigenvalue weighted by molar-refractivity contribution is 7.13. The number of aromatic nitrogens is 1. The van der Waals surface area contributed by atoms with Crippen LogP contribution in [0.15, 0.2) is 29.6 Å². The first-order valence-electron chi connectivity index (χ1n) is 6.54. The standard InChI is InChI=1S/C15H17ClN2OS/c1-10(2)14(19)17-8-7-13-9-20-15(18-13)11-3-5-12(16)6-4-11/h3-6,9-10H,7-8H2,1-2H3,(H,17,19). The zero-order valence-corrected chi connectivity index (χ0v) is 13.1. The van der Waals surface area contributed by atoms with E-state index in [9.17, 15) is 4.79 Å². The number of nitrogens with one attached hydrogen (secondary N) is 1. The van der Waals surface area contributed by atoms with Crippen LogP contribution in [-0.2, 0) is 11.2 Å². The minimum absolute atomic E-state index is 0.0232. The van der Waals surface area contributed by atoms with Gasteiger partial charge < -0.3 is 5.32 Å². The molecule has 1 amide bonds. The zero-order valence-electron chi connectivity index (χ0n) is 11.5. The molecule has 1 aromatic heterocycles. The summed E-state index contributed by atoms with van der Waals surface area (Å²) < 4.78 is 0. The molecule has 0 unspecified atom stereocenters. The average Bonchev–Trinajstić information content (AvgIpc) is 2.88. The van der Waals surface area contributed by atoms with Crippen LogP contribution >= 0.6 is 22.9 Å². The average molecular weight is 309 g/mol. The topological polar surface area (TPSA) is 42.0 Å². The van der Waals surface area contributed by atoms with Crippen LogP contribution in [0.4, 0.5) is 0 Å². The van der Waals surface area contributed by atoms with E-state index in [1.807, 2.05) is 43.5 Å². The van der Waals surface area contributed by atoms with Gasteiger partial charge >= 0.3 is 0 Å². The highest BCUT2D eigenvalue weighted by Gasteiger charge is 2.07. The summed E-state index contributed by atoms with van der Waals surface area (Å²) in [5.74, 6) is 0.105. The summed E-state index contributed by atoms with van der Waals surface area (Å²) in [4.78, 5) is 16.0. The van der Waals surface area contributed by atoms with Crippen LogP contribution in [0.5, 0.6) is 0 Å². The van der Waals surface area contributed by atoms with Gasteiger partial charge in [0.15, 0.2) is 0 Å². The molecule has 3 nitrogen and oxygen atoms in total. The summed E-state index contributed by atoms with van der Waals surface area (Å²) in [6.45, 7) is 4.40. The maximum absolute atomic E-state index is 11.5. The number of carbonyl (C=O) groups excluding carboxylic acids is 1. The molecule has 0 aliphatic rings. The summed E-state index contributed by atoms with van der Waals surface area (Å²) in [5.41, 5.74) is 2.07. The van der Waals surface area contributed by atoms with Crippen molar-refractivity contribution in [2.45, 2.75) is 20.3 Å². The smallest absolute Gasteiger partial charge is 0.222 e. The maximum atomic E-state index is 11.5. The molecule has 106 valence electrons. The van der Waals surface area contributed by atoms with Crippen LogP contribution in [0.1, 0.15) is 19.5 Å². The van der Waals surface area contributed by atoms with Crippen LogP contribution in [0.2, 0.25) is 5.02 Å². The van der Waals surface area contributed by atoms with E-state index in [1.165, 1.54) is 0 Å². The van der Waals surface area contributed by atoms with Gasteiger partial charge in [0.05, 0.1) is 5.69 Å². The van der Waals surface area contributed by atoms with Crippen molar-refractivity contribution in [1.82, 2.24) is 10.3 Å². The predicted molar refractivity (Wildman–Crippen MR) is 84.1 cm³/mol. The van der Waals surface area contributed by atoms with Crippen molar-refractivity contribution in [3.8, 4) is 10.6 Å². The Hall–Kier alpha value is -1.39. The molecule has 20 heavy (non-hydrogen) atoms. The Morgan fingerprint density at radius 2 is 2.05 bits per heavy atom. The number of rotatable bonds is 5. The molecule has 1 heterocycles. The van der Waals surface area contributed by atoms with Crippen LogP contribution in [0.3, 0.4) is 0 Å². The minimum Gasteiger partial charge on any atom is -0.355 e. The van der Waals surface area contributed by atoms with Gasteiger partial charge in [0.25, 0.3) is 0 Å². The van der Waals surface area contributed by atoms with Gasteiger partial charge in [-0.2, -0.15) is 0 Å². The molecule has 0 fully saturated rings. The lowest BCUT2D eigenvalue weighted by Crippen LogP contribution is -2.29. The van der Waals surface area contributed by atoms with Crippen LogP contribution in [-0.4, -0.2) is 17.4 Å². The van der Waals surface area contributed by atoms with E-state index in [2.05, 4.69) is 10.3 Å². The lowest BCUT2D eigenvalue weighted by atomic mass is 10.2. The quantitative estimate of drug-likeness (QED) is 0.913. The highest BCUT2D eigenvalue weighted by Crippen LogP contribution is 2.25. The monoisotopic (exact) mass is 308 g/mol. The van der Waals surface area contributed by atoms with E-state index in [1.54, 1.807) is 11.3 Å². The lowest BCUT2D eigenvalue weighted by molar-refractivity contribution is -0.123. The summed E-state index contributed by atoms with van der Waals surface area (Å²) in [6.07, 6.45) is 0.753. The first-order valence-corrected chi connectivity index (χ1v) is 7.80. The normalized spacial score (nSPS) is 10.8. The third-order valence-corrected chi connectivity index (χ3v) is 4.04. The van der Waals surface area contributed by atoms with Crippen molar-refractivity contribution in [3.05, 3.63) is 40.4 Å². The molecular formula is C15H17ClN2OS. The molecule has 0 saturated carbocycles. The Kier molecular flexibility index (Phi) is 5.15. The van der Waals surface area contributed by atoms with E-state index < -0.39 is 0 Å². The number of hydrogen-bond donors (Lipinski definition) is 1. The third-order valence-electron chi connectivity index (χ3n) is 2.85. The Morgan fingerprint density at radius 1 is 1.35 bits per heavy atom. The number of halogens is 1. The van der Waals surface area contributed by atoms with E-state index in [0.29, 0.717) is 6.54 Å². The van der Waals surface area contributed by atoms with E-state index >= 15 is 0 Å². The molecule has 0 saturated heterocycles. The molecule has 0 aliphatic heterocycles. The van der Waals surface area contributed by atoms with Gasteiger partial charge in [-0.25, -0.2) is 4.98 Å². The van der Waals surface area contributed by atoms with Gasteiger partial charge in [0.1, 0.15) is 5.01 Å². The number of hydrogen-bond acceptors (Lipinski definition) is 3. The summed E-state index contributed by atoms with van der Waals surface area (Å²) in [5, 5.41) is 6.63. The second-order valence-electron chi connectivity index (χ2n) is 4.85. The Balaban J connectivity index is 1.92. The number of amides is 1. The van der Waals surface area contributed by atoms with Crippen LogP contribution < -0.4 is 5.32 Å². The Labute approximate surface area is 128 Å². The van der Waals surface area contributed by atoms with Crippen LogP contribution in [0.25, 0.3) is 10.6 Å². The Bertz CT molecular complexity index is 578. The number of benzene rings is 1. The van der Waals surface area contributed by atoms with Gasteiger partial charge in [-0.15, -0.1) is 11.3 Å². The SMILES string of the molecule is CC(C)C(=O)NCCc1csc(-c2ccc(Cl)cc2)n1. The van der Waals surface area contributed by atoms with Crippen molar-refractivity contribution in [2.75, 3.05) is 6.54 Å². The fourth-order valence-electron chi connectivity index (χ4n) is 1.66. The molecular weight excluding hydrogens is 292 g/mol. The first kappa shape index (κ1) is 15.0. The van der Waals surface area contributed by atoms with E-state index in [-0.39, 0.29) is 11.8 Å². The highest BCUT2D eigenvalue weighted by atomic mass is 35.5. The molecule has 2 aromatic rings. The first-order chi connectivity index (χ1) is 9.56. The number of thiazole rings is 1. The zero-order chi connectivity index (χ0) is 14.5. The number of nitrogens with zero attached hydrogens (tertiary/aromatic N) is 1.